The van der Waals surface area contributed by atoms with Gasteiger partial charge >= 0.3 is 5.97 Å². The van der Waals surface area contributed by atoms with Gasteiger partial charge in [-0.05, 0) is 36.4 Å². The Bertz CT molecular complexity index is 1040. The molecule has 0 atom stereocenters. The minimum atomic E-state index is -3.67. The van der Waals surface area contributed by atoms with Gasteiger partial charge in [0.2, 0.25) is 10.0 Å². The van der Waals surface area contributed by atoms with E-state index in [9.17, 15) is 18.0 Å². The third-order valence-corrected chi connectivity index (χ3v) is 7.06. The Morgan fingerprint density at radius 2 is 1.55 bits per heavy atom. The number of ether oxygens (including phenoxy) is 2. The average molecular weight is 487 g/mol. The number of para-hydroxylation sites is 1. The summed E-state index contributed by atoms with van der Waals surface area (Å²) in [5.41, 5.74) is 0. The van der Waals surface area contributed by atoms with Crippen LogP contribution in [0.15, 0.2) is 53.4 Å². The molecule has 2 aromatic rings. The fraction of sp³-hybridized carbons (Fsp3) is 0.300. The lowest BCUT2D eigenvalue weighted by atomic mass is 10.3. The van der Waals surface area contributed by atoms with Crippen molar-refractivity contribution in [3.8, 4) is 5.75 Å². The first-order valence-electron chi connectivity index (χ1n) is 9.34. The number of piperazine rings is 1. The van der Waals surface area contributed by atoms with E-state index in [0.717, 1.165) is 0 Å². The third kappa shape index (κ3) is 6.10. The first kappa shape index (κ1) is 23.3. The molecule has 1 heterocycles. The van der Waals surface area contributed by atoms with Crippen molar-refractivity contribution in [2.45, 2.75) is 4.90 Å². The van der Waals surface area contributed by atoms with Crippen LogP contribution < -0.4 is 4.74 Å². The van der Waals surface area contributed by atoms with Gasteiger partial charge in [0.15, 0.2) is 13.2 Å². The molecular weight excluding hydrogens is 467 g/mol. The molecule has 0 unspecified atom stereocenters. The first-order chi connectivity index (χ1) is 14.8. The van der Waals surface area contributed by atoms with E-state index in [1.807, 2.05) is 0 Å². The van der Waals surface area contributed by atoms with Crippen molar-refractivity contribution in [1.29, 1.82) is 0 Å². The second kappa shape index (κ2) is 10.3. The molecule has 31 heavy (non-hydrogen) atoms. The lowest BCUT2D eigenvalue weighted by Crippen LogP contribution is -2.51. The van der Waals surface area contributed by atoms with E-state index in [4.69, 9.17) is 32.7 Å². The monoisotopic (exact) mass is 486 g/mol. The maximum absolute atomic E-state index is 12.7. The second-order valence-electron chi connectivity index (χ2n) is 6.62. The largest absolute Gasteiger partial charge is 0.480 e. The quantitative estimate of drug-likeness (QED) is 0.558. The van der Waals surface area contributed by atoms with Crippen LogP contribution in [0.2, 0.25) is 10.0 Å². The molecule has 1 aliphatic heterocycles. The van der Waals surface area contributed by atoms with Gasteiger partial charge in [-0.15, -0.1) is 0 Å². The summed E-state index contributed by atoms with van der Waals surface area (Å²) in [4.78, 5) is 25.7. The average Bonchev–Trinajstić information content (AvgIpc) is 2.77. The zero-order valence-electron chi connectivity index (χ0n) is 16.4. The Hall–Kier alpha value is -2.33. The van der Waals surface area contributed by atoms with Crippen LogP contribution in [0.4, 0.5) is 0 Å². The molecule has 3 rings (SSSR count). The number of nitrogens with zero attached hydrogens (tertiary/aromatic N) is 2. The SMILES string of the molecule is O=C(COc1ccccc1Cl)OCC(=O)N1CCN(S(=O)(=O)c2ccc(Cl)cc2)CC1. The number of carbonyl (C=O) groups excluding carboxylic acids is 2. The zero-order chi connectivity index (χ0) is 22.4. The highest BCUT2D eigenvalue weighted by atomic mass is 35.5. The van der Waals surface area contributed by atoms with Gasteiger partial charge in [0.25, 0.3) is 5.91 Å². The first-order valence-corrected chi connectivity index (χ1v) is 11.5. The van der Waals surface area contributed by atoms with Gasteiger partial charge < -0.3 is 14.4 Å². The summed E-state index contributed by atoms with van der Waals surface area (Å²) in [7, 11) is -3.67. The van der Waals surface area contributed by atoms with E-state index in [0.29, 0.717) is 15.8 Å². The molecular formula is C20H20Cl2N2O6S. The van der Waals surface area contributed by atoms with Crippen molar-refractivity contribution in [2.24, 2.45) is 0 Å². The number of sulfonamides is 1. The van der Waals surface area contributed by atoms with Gasteiger partial charge in [-0.25, -0.2) is 13.2 Å². The maximum atomic E-state index is 12.7. The fourth-order valence-corrected chi connectivity index (χ4v) is 4.65. The molecule has 0 saturated carbocycles. The predicted octanol–water partition coefficient (Wildman–Crippen LogP) is 2.45. The van der Waals surface area contributed by atoms with Gasteiger partial charge in [0.05, 0.1) is 9.92 Å². The Balaban J connectivity index is 1.44. The van der Waals surface area contributed by atoms with E-state index in [-0.39, 0.29) is 37.7 Å². The van der Waals surface area contributed by atoms with E-state index in [1.54, 1.807) is 24.3 Å². The van der Waals surface area contributed by atoms with E-state index in [2.05, 4.69) is 0 Å². The standard InChI is InChI=1S/C20H20Cl2N2O6S/c21-15-5-7-16(8-6-15)31(27,28)24-11-9-23(10-12-24)19(25)13-30-20(26)14-29-18-4-2-1-3-17(18)22/h1-8H,9-14H2. The molecule has 0 radical (unpaired) electrons. The van der Waals surface area contributed by atoms with Crippen molar-refractivity contribution in [2.75, 3.05) is 39.4 Å². The molecule has 8 nitrogen and oxygen atoms in total. The Morgan fingerprint density at radius 1 is 0.903 bits per heavy atom. The molecule has 2 aromatic carbocycles. The highest BCUT2D eigenvalue weighted by molar-refractivity contribution is 7.89. The van der Waals surface area contributed by atoms with Crippen molar-refractivity contribution >= 4 is 45.1 Å². The van der Waals surface area contributed by atoms with Crippen LogP contribution in [0.5, 0.6) is 5.75 Å². The molecule has 0 bridgehead atoms. The number of esters is 1. The molecule has 1 aliphatic rings. The number of halogens is 2. The van der Waals surface area contributed by atoms with Crippen molar-refractivity contribution in [3.05, 3.63) is 58.6 Å². The number of amides is 1. The molecule has 0 aromatic heterocycles. The summed E-state index contributed by atoms with van der Waals surface area (Å²) < 4.78 is 36.9. The Labute approximate surface area is 190 Å². The minimum Gasteiger partial charge on any atom is -0.480 e. The smallest absolute Gasteiger partial charge is 0.344 e. The Kier molecular flexibility index (Phi) is 7.77. The fourth-order valence-electron chi connectivity index (χ4n) is 2.91. The van der Waals surface area contributed by atoms with Crippen LogP contribution in [0.25, 0.3) is 0 Å². The Morgan fingerprint density at radius 3 is 2.19 bits per heavy atom. The van der Waals surface area contributed by atoms with Gasteiger partial charge in [-0.3, -0.25) is 4.79 Å². The van der Waals surface area contributed by atoms with Crippen LogP contribution >= 0.6 is 23.2 Å². The van der Waals surface area contributed by atoms with Crippen LogP contribution in [0.1, 0.15) is 0 Å². The van der Waals surface area contributed by atoms with Gasteiger partial charge in [-0.2, -0.15) is 4.31 Å². The van der Waals surface area contributed by atoms with Crippen LogP contribution in [-0.4, -0.2) is 68.9 Å². The summed E-state index contributed by atoms with van der Waals surface area (Å²) >= 11 is 11.7. The zero-order valence-corrected chi connectivity index (χ0v) is 18.7. The summed E-state index contributed by atoms with van der Waals surface area (Å²) in [5.74, 6) is -0.780. The van der Waals surface area contributed by atoms with Crippen LogP contribution in [0, 0.1) is 0 Å². The molecule has 1 fully saturated rings. The topological polar surface area (TPSA) is 93.2 Å². The van der Waals surface area contributed by atoms with Crippen LogP contribution in [0.3, 0.4) is 0 Å². The van der Waals surface area contributed by atoms with E-state index in [1.165, 1.54) is 33.5 Å². The van der Waals surface area contributed by atoms with Crippen LogP contribution in [-0.2, 0) is 24.3 Å². The van der Waals surface area contributed by atoms with Crippen molar-refractivity contribution < 1.29 is 27.5 Å². The van der Waals surface area contributed by atoms with Gasteiger partial charge in [-0.1, -0.05) is 35.3 Å². The molecule has 11 heteroatoms. The second-order valence-corrected chi connectivity index (χ2v) is 9.40. The van der Waals surface area contributed by atoms with Gasteiger partial charge in [0.1, 0.15) is 5.75 Å². The maximum Gasteiger partial charge on any atom is 0.344 e. The molecule has 0 aliphatic carbocycles. The summed E-state index contributed by atoms with van der Waals surface area (Å²) in [6.07, 6.45) is 0. The number of benzene rings is 2. The lowest BCUT2D eigenvalue weighted by Gasteiger charge is -2.33. The van der Waals surface area contributed by atoms with E-state index < -0.39 is 28.5 Å². The predicted molar refractivity (Wildman–Crippen MR) is 115 cm³/mol. The molecule has 0 N–H and O–H groups in total. The van der Waals surface area contributed by atoms with Gasteiger partial charge in [0, 0.05) is 31.2 Å². The molecule has 0 spiro atoms. The third-order valence-electron chi connectivity index (χ3n) is 4.58. The molecule has 1 saturated heterocycles. The number of hydrogen-bond acceptors (Lipinski definition) is 6. The number of rotatable bonds is 7. The highest BCUT2D eigenvalue weighted by Gasteiger charge is 2.30. The number of hydrogen-bond donors (Lipinski definition) is 0. The van der Waals surface area contributed by atoms with E-state index >= 15 is 0 Å². The highest BCUT2D eigenvalue weighted by Crippen LogP contribution is 2.23. The summed E-state index contributed by atoms with van der Waals surface area (Å²) in [6.45, 7) is -0.169. The minimum absolute atomic E-state index is 0.139. The summed E-state index contributed by atoms with van der Waals surface area (Å²) in [5, 5.41) is 0.805. The lowest BCUT2D eigenvalue weighted by molar-refractivity contribution is -0.154. The normalized spacial score (nSPS) is 14.8. The number of carbonyl (C=O) groups is 2. The molecule has 1 amide bonds. The van der Waals surface area contributed by atoms with Crippen molar-refractivity contribution in [1.82, 2.24) is 9.21 Å². The summed E-state index contributed by atoms with van der Waals surface area (Å²) in [6, 6.07) is 12.6. The molecule has 166 valence electrons. The van der Waals surface area contributed by atoms with Crippen molar-refractivity contribution in [3.63, 3.8) is 0 Å².